The molecular formula is C12H16O2S. The van der Waals surface area contributed by atoms with E-state index in [1.807, 2.05) is 19.2 Å². The highest BCUT2D eigenvalue weighted by Gasteiger charge is 2.40. The van der Waals surface area contributed by atoms with Crippen molar-refractivity contribution in [3.8, 4) is 5.75 Å². The van der Waals surface area contributed by atoms with E-state index in [1.54, 1.807) is 17.8 Å². The van der Waals surface area contributed by atoms with Gasteiger partial charge in [0.15, 0.2) is 0 Å². The highest BCUT2D eigenvalue weighted by molar-refractivity contribution is 7.98. The number of benzene rings is 1. The molecule has 2 nitrogen and oxygen atoms in total. The molecule has 1 aliphatic carbocycles. The van der Waals surface area contributed by atoms with Crippen molar-refractivity contribution in [2.45, 2.75) is 36.7 Å². The lowest BCUT2D eigenvalue weighted by atomic mass is 10.0. The van der Waals surface area contributed by atoms with E-state index in [0.29, 0.717) is 12.2 Å². The summed E-state index contributed by atoms with van der Waals surface area (Å²) in [6, 6.07) is 3.78. The zero-order valence-electron chi connectivity index (χ0n) is 9.08. The van der Waals surface area contributed by atoms with Gasteiger partial charge in [0.05, 0.1) is 5.60 Å². The molecule has 1 fully saturated rings. The van der Waals surface area contributed by atoms with E-state index in [-0.39, 0.29) is 0 Å². The predicted molar refractivity (Wildman–Crippen MR) is 62.5 cm³/mol. The van der Waals surface area contributed by atoms with Crippen molar-refractivity contribution in [1.82, 2.24) is 0 Å². The van der Waals surface area contributed by atoms with Crippen molar-refractivity contribution in [1.29, 1.82) is 0 Å². The number of hydrogen-bond donors (Lipinski definition) is 2. The van der Waals surface area contributed by atoms with E-state index < -0.39 is 5.60 Å². The van der Waals surface area contributed by atoms with Gasteiger partial charge in [-0.2, -0.15) is 0 Å². The van der Waals surface area contributed by atoms with Crippen LogP contribution in [0.4, 0.5) is 0 Å². The summed E-state index contributed by atoms with van der Waals surface area (Å²) in [6.07, 6.45) is 4.45. The predicted octanol–water partition coefficient (Wildman–Crippen LogP) is 2.49. The topological polar surface area (TPSA) is 40.5 Å². The molecule has 0 heterocycles. The molecule has 0 bridgehead atoms. The molecule has 0 atom stereocenters. The molecule has 1 aliphatic rings. The van der Waals surface area contributed by atoms with Crippen molar-refractivity contribution in [2.75, 3.05) is 6.26 Å². The Morgan fingerprint density at radius 3 is 2.60 bits per heavy atom. The summed E-state index contributed by atoms with van der Waals surface area (Å²) in [7, 11) is 0. The van der Waals surface area contributed by atoms with Crippen molar-refractivity contribution in [3.63, 3.8) is 0 Å². The Morgan fingerprint density at radius 1 is 1.40 bits per heavy atom. The van der Waals surface area contributed by atoms with Crippen molar-refractivity contribution >= 4 is 11.8 Å². The molecule has 15 heavy (non-hydrogen) atoms. The summed E-state index contributed by atoms with van der Waals surface area (Å²) in [5.74, 6) is 0.326. The SMILES string of the molecule is CSc1cc(C)c(O)cc1CC1(O)CC1. The molecule has 1 aromatic carbocycles. The number of aromatic hydroxyl groups is 1. The number of aliphatic hydroxyl groups is 1. The van der Waals surface area contributed by atoms with Gasteiger partial charge in [-0.1, -0.05) is 0 Å². The molecule has 1 saturated carbocycles. The third-order valence-corrected chi connectivity index (χ3v) is 3.77. The monoisotopic (exact) mass is 224 g/mol. The van der Waals surface area contributed by atoms with Crippen LogP contribution in [-0.2, 0) is 6.42 Å². The van der Waals surface area contributed by atoms with Gasteiger partial charge in [0, 0.05) is 11.3 Å². The average Bonchev–Trinajstić information content (AvgIpc) is 2.89. The van der Waals surface area contributed by atoms with Gasteiger partial charge in [-0.3, -0.25) is 0 Å². The summed E-state index contributed by atoms with van der Waals surface area (Å²) in [5, 5.41) is 19.5. The Morgan fingerprint density at radius 2 is 2.07 bits per heavy atom. The van der Waals surface area contributed by atoms with E-state index >= 15 is 0 Å². The maximum absolute atomic E-state index is 9.87. The zero-order valence-corrected chi connectivity index (χ0v) is 9.90. The number of aryl methyl sites for hydroxylation is 1. The maximum atomic E-state index is 9.87. The van der Waals surface area contributed by atoms with Crippen LogP contribution < -0.4 is 0 Å². The number of phenolic OH excluding ortho intramolecular Hbond substituents is 1. The molecule has 1 aromatic rings. The van der Waals surface area contributed by atoms with Gasteiger partial charge >= 0.3 is 0 Å². The Hall–Kier alpha value is -0.670. The van der Waals surface area contributed by atoms with Gasteiger partial charge in [0.25, 0.3) is 0 Å². The lowest BCUT2D eigenvalue weighted by molar-refractivity contribution is 0.150. The fourth-order valence-corrected chi connectivity index (χ4v) is 2.40. The third kappa shape index (κ3) is 2.29. The summed E-state index contributed by atoms with van der Waals surface area (Å²) < 4.78 is 0. The van der Waals surface area contributed by atoms with Crippen LogP contribution in [0.25, 0.3) is 0 Å². The first-order valence-corrected chi connectivity index (χ1v) is 6.35. The van der Waals surface area contributed by atoms with E-state index in [2.05, 4.69) is 0 Å². The molecular weight excluding hydrogens is 208 g/mol. The van der Waals surface area contributed by atoms with Gasteiger partial charge in [0.1, 0.15) is 5.75 Å². The average molecular weight is 224 g/mol. The molecule has 0 saturated heterocycles. The van der Waals surface area contributed by atoms with Crippen LogP contribution in [0.3, 0.4) is 0 Å². The first kappa shape index (κ1) is 10.8. The quantitative estimate of drug-likeness (QED) is 0.775. The Bertz CT molecular complexity index is 383. The van der Waals surface area contributed by atoms with Gasteiger partial charge in [-0.05, 0) is 49.3 Å². The number of rotatable bonds is 3. The van der Waals surface area contributed by atoms with Crippen LogP contribution >= 0.6 is 11.8 Å². The van der Waals surface area contributed by atoms with Crippen LogP contribution in [-0.4, -0.2) is 22.1 Å². The largest absolute Gasteiger partial charge is 0.508 e. The fraction of sp³-hybridized carbons (Fsp3) is 0.500. The summed E-state index contributed by atoms with van der Waals surface area (Å²) in [5.41, 5.74) is 1.46. The second kappa shape index (κ2) is 3.72. The molecule has 0 unspecified atom stereocenters. The summed E-state index contributed by atoms with van der Waals surface area (Å²) >= 11 is 1.66. The summed E-state index contributed by atoms with van der Waals surface area (Å²) in [4.78, 5) is 1.16. The molecule has 0 spiro atoms. The van der Waals surface area contributed by atoms with Gasteiger partial charge < -0.3 is 10.2 Å². The molecule has 2 N–H and O–H groups in total. The van der Waals surface area contributed by atoms with E-state index in [1.165, 1.54) is 0 Å². The van der Waals surface area contributed by atoms with E-state index in [4.69, 9.17) is 0 Å². The van der Waals surface area contributed by atoms with Crippen molar-refractivity contribution < 1.29 is 10.2 Å². The zero-order chi connectivity index (χ0) is 11.1. The Kier molecular flexibility index (Phi) is 2.69. The molecule has 3 heteroatoms. The molecule has 0 aliphatic heterocycles. The minimum atomic E-state index is -0.494. The highest BCUT2D eigenvalue weighted by Crippen LogP contribution is 2.41. The van der Waals surface area contributed by atoms with Gasteiger partial charge in [0.2, 0.25) is 0 Å². The van der Waals surface area contributed by atoms with Gasteiger partial charge in [-0.15, -0.1) is 11.8 Å². The standard InChI is InChI=1S/C12H16O2S/c1-8-5-11(15-2)9(6-10(8)13)7-12(14)3-4-12/h5-6,13-14H,3-4,7H2,1-2H3. The molecule has 2 rings (SSSR count). The minimum absolute atomic E-state index is 0.326. The highest BCUT2D eigenvalue weighted by atomic mass is 32.2. The second-order valence-corrected chi connectivity index (χ2v) is 5.20. The number of phenols is 1. The molecule has 0 radical (unpaired) electrons. The van der Waals surface area contributed by atoms with Crippen LogP contribution in [0, 0.1) is 6.92 Å². The minimum Gasteiger partial charge on any atom is -0.508 e. The number of thioether (sulfide) groups is 1. The van der Waals surface area contributed by atoms with E-state index in [9.17, 15) is 10.2 Å². The van der Waals surface area contributed by atoms with Crippen molar-refractivity contribution in [2.24, 2.45) is 0 Å². The molecule has 0 aromatic heterocycles. The van der Waals surface area contributed by atoms with E-state index in [0.717, 1.165) is 28.9 Å². The first-order valence-electron chi connectivity index (χ1n) is 5.13. The van der Waals surface area contributed by atoms with Crippen molar-refractivity contribution in [3.05, 3.63) is 23.3 Å². The smallest absolute Gasteiger partial charge is 0.118 e. The lowest BCUT2D eigenvalue weighted by Crippen LogP contribution is -2.11. The van der Waals surface area contributed by atoms with Crippen LogP contribution in [0.2, 0.25) is 0 Å². The Balaban J connectivity index is 2.31. The number of hydrogen-bond acceptors (Lipinski definition) is 3. The van der Waals surface area contributed by atoms with Crippen LogP contribution in [0.1, 0.15) is 24.0 Å². The van der Waals surface area contributed by atoms with Crippen LogP contribution in [0.15, 0.2) is 17.0 Å². The summed E-state index contributed by atoms with van der Waals surface area (Å²) in [6.45, 7) is 1.89. The van der Waals surface area contributed by atoms with Crippen LogP contribution in [0.5, 0.6) is 5.75 Å². The third-order valence-electron chi connectivity index (χ3n) is 2.95. The van der Waals surface area contributed by atoms with Gasteiger partial charge in [-0.25, -0.2) is 0 Å². The lowest BCUT2D eigenvalue weighted by Gasteiger charge is -2.13. The maximum Gasteiger partial charge on any atom is 0.118 e. The molecule has 82 valence electrons. The Labute approximate surface area is 94.3 Å². The first-order chi connectivity index (χ1) is 7.04. The fourth-order valence-electron chi connectivity index (χ4n) is 1.72. The molecule has 0 amide bonds. The second-order valence-electron chi connectivity index (χ2n) is 4.35. The normalized spacial score (nSPS) is 17.8.